The van der Waals surface area contributed by atoms with Gasteiger partial charge in [0.2, 0.25) is 0 Å². The van der Waals surface area contributed by atoms with Crippen LogP contribution in [-0.2, 0) is 0 Å². The van der Waals surface area contributed by atoms with E-state index < -0.39 is 30.2 Å². The fraction of sp³-hybridized carbons (Fsp3) is 0.630. The van der Waals surface area contributed by atoms with Gasteiger partial charge in [0, 0.05) is 6.42 Å². The summed E-state index contributed by atoms with van der Waals surface area (Å²) in [5.74, 6) is -0.151. The molecule has 3 aliphatic carbocycles. The molecule has 0 amide bonds. The standard InChI is InChI=1S/C27H34F6O3/c1-16(6-4-13-25(36,26(28,29)30)27(31,32)33)21-10-11-22-18(7-5-12-24(21,22)3)8-9-19-14-20(34)15-23(35)17(19)2/h4,8-10,13,16,20,22-23,34-36H,2,5-7,11-12,14-15H2,1,3H3/b13-4+,18-8+,19-9-/t16?,20-,22+,23?,24-/m1/s1. The Labute approximate surface area is 207 Å². The van der Waals surface area contributed by atoms with Gasteiger partial charge in [-0.1, -0.05) is 55.9 Å². The van der Waals surface area contributed by atoms with E-state index in [2.05, 4.69) is 13.5 Å². The number of alkyl halides is 6. The Hall–Kier alpha value is -1.84. The van der Waals surface area contributed by atoms with Crippen LogP contribution in [0.1, 0.15) is 58.8 Å². The number of halogens is 6. The number of aliphatic hydroxyl groups excluding tert-OH is 2. The highest BCUT2D eigenvalue weighted by Gasteiger charge is 2.68. The molecule has 0 aromatic rings. The first-order valence-electron chi connectivity index (χ1n) is 12.2. The molecule has 3 rings (SSSR count). The number of hydrogen-bond acceptors (Lipinski definition) is 3. The van der Waals surface area contributed by atoms with E-state index in [-0.39, 0.29) is 36.2 Å². The highest BCUT2D eigenvalue weighted by molar-refractivity contribution is 5.40. The molecule has 0 aliphatic heterocycles. The molecule has 0 saturated heterocycles. The minimum Gasteiger partial charge on any atom is -0.393 e. The Morgan fingerprint density at radius 1 is 1.14 bits per heavy atom. The predicted octanol–water partition coefficient (Wildman–Crippen LogP) is 6.49. The van der Waals surface area contributed by atoms with Gasteiger partial charge in [-0.25, -0.2) is 0 Å². The second kappa shape index (κ2) is 10.1. The largest absolute Gasteiger partial charge is 0.429 e. The van der Waals surface area contributed by atoms with E-state index in [4.69, 9.17) is 0 Å². The fourth-order valence-corrected chi connectivity index (χ4v) is 6.00. The maximum absolute atomic E-state index is 12.9. The van der Waals surface area contributed by atoms with E-state index in [9.17, 15) is 41.7 Å². The van der Waals surface area contributed by atoms with Crippen LogP contribution >= 0.6 is 0 Å². The molecular formula is C27H34F6O3. The lowest BCUT2D eigenvalue weighted by atomic mass is 9.62. The van der Waals surface area contributed by atoms with Crippen LogP contribution in [0.15, 0.2) is 59.3 Å². The second-order valence-corrected chi connectivity index (χ2v) is 10.6. The van der Waals surface area contributed by atoms with Crippen molar-refractivity contribution in [1.29, 1.82) is 0 Å². The van der Waals surface area contributed by atoms with Crippen molar-refractivity contribution in [2.24, 2.45) is 17.3 Å². The first kappa shape index (κ1) is 28.7. The van der Waals surface area contributed by atoms with Gasteiger partial charge < -0.3 is 15.3 Å². The maximum Gasteiger partial charge on any atom is 0.429 e. The number of allylic oxidation sites excluding steroid dienone is 6. The van der Waals surface area contributed by atoms with Crippen molar-refractivity contribution in [3.63, 3.8) is 0 Å². The van der Waals surface area contributed by atoms with E-state index in [1.807, 2.05) is 18.2 Å². The Bertz CT molecular complexity index is 957. The molecule has 3 nitrogen and oxygen atoms in total. The molecule has 9 heteroatoms. The molecule has 0 bridgehead atoms. The maximum atomic E-state index is 12.9. The van der Waals surface area contributed by atoms with Crippen LogP contribution in [0.3, 0.4) is 0 Å². The van der Waals surface area contributed by atoms with E-state index in [0.717, 1.165) is 42.9 Å². The molecule has 0 aromatic heterocycles. The van der Waals surface area contributed by atoms with E-state index in [1.54, 1.807) is 6.92 Å². The monoisotopic (exact) mass is 520 g/mol. The molecule has 3 aliphatic rings. The van der Waals surface area contributed by atoms with Crippen molar-refractivity contribution in [3.05, 3.63) is 59.3 Å². The highest BCUT2D eigenvalue weighted by Crippen LogP contribution is 2.57. The lowest BCUT2D eigenvalue weighted by Crippen LogP contribution is -2.55. The minimum atomic E-state index is -5.87. The van der Waals surface area contributed by atoms with Gasteiger partial charge in [0.25, 0.3) is 5.60 Å². The predicted molar refractivity (Wildman–Crippen MR) is 125 cm³/mol. The van der Waals surface area contributed by atoms with Gasteiger partial charge >= 0.3 is 12.4 Å². The van der Waals surface area contributed by atoms with E-state index in [0.29, 0.717) is 12.0 Å². The molecule has 0 aromatic carbocycles. The van der Waals surface area contributed by atoms with Crippen LogP contribution < -0.4 is 0 Å². The number of rotatable bonds is 5. The van der Waals surface area contributed by atoms with Crippen molar-refractivity contribution in [2.75, 3.05) is 0 Å². The third kappa shape index (κ3) is 5.38. The molecule has 3 N–H and O–H groups in total. The summed E-state index contributed by atoms with van der Waals surface area (Å²) in [6, 6.07) is 0. The fourth-order valence-electron chi connectivity index (χ4n) is 6.00. The number of hydrogen-bond donors (Lipinski definition) is 3. The Kier molecular flexibility index (Phi) is 8.09. The van der Waals surface area contributed by atoms with Crippen LogP contribution in [0.4, 0.5) is 26.3 Å². The molecule has 36 heavy (non-hydrogen) atoms. The third-order valence-electron chi connectivity index (χ3n) is 8.12. The van der Waals surface area contributed by atoms with Gasteiger partial charge in [-0.3, -0.25) is 0 Å². The lowest BCUT2D eigenvalue weighted by molar-refractivity contribution is -0.347. The van der Waals surface area contributed by atoms with Gasteiger partial charge in [-0.05, 0) is 73.0 Å². The van der Waals surface area contributed by atoms with Crippen LogP contribution in [-0.4, -0.2) is 45.5 Å². The first-order valence-corrected chi connectivity index (χ1v) is 12.2. The zero-order valence-electron chi connectivity index (χ0n) is 20.5. The Balaban J connectivity index is 1.76. The SMILES string of the molecule is C=C1/C(=C\C=C2/CCC[C@]3(C)C(C(C)C/C=C/C(O)(C(F)(F)F)C(F)(F)F)=CC[C@@H]23)C[C@@H](O)CC1O. The summed E-state index contributed by atoms with van der Waals surface area (Å²) in [6.07, 6.45) is -2.69. The van der Waals surface area contributed by atoms with Crippen LogP contribution in [0.2, 0.25) is 0 Å². The van der Waals surface area contributed by atoms with Gasteiger partial charge in [0.15, 0.2) is 0 Å². The molecule has 0 radical (unpaired) electrons. The Morgan fingerprint density at radius 3 is 2.39 bits per heavy atom. The van der Waals surface area contributed by atoms with Crippen LogP contribution in [0.25, 0.3) is 0 Å². The molecule has 2 unspecified atom stereocenters. The zero-order valence-corrected chi connectivity index (χ0v) is 20.5. The zero-order chi connectivity index (χ0) is 27.1. The normalized spacial score (nSPS) is 33.4. The highest BCUT2D eigenvalue weighted by atomic mass is 19.4. The summed E-state index contributed by atoms with van der Waals surface area (Å²) in [7, 11) is 0. The van der Waals surface area contributed by atoms with Crippen LogP contribution in [0.5, 0.6) is 0 Å². The van der Waals surface area contributed by atoms with Gasteiger partial charge in [-0.2, -0.15) is 26.3 Å². The van der Waals surface area contributed by atoms with Crippen molar-refractivity contribution in [3.8, 4) is 0 Å². The summed E-state index contributed by atoms with van der Waals surface area (Å²) in [5.41, 5.74) is -1.56. The summed E-state index contributed by atoms with van der Waals surface area (Å²) in [5, 5.41) is 29.4. The molecule has 2 saturated carbocycles. The number of fused-ring (bicyclic) bond motifs is 1. The molecule has 2 fully saturated rings. The van der Waals surface area contributed by atoms with E-state index >= 15 is 0 Å². The van der Waals surface area contributed by atoms with Gasteiger partial charge in [0.1, 0.15) is 0 Å². The summed E-state index contributed by atoms with van der Waals surface area (Å²) < 4.78 is 77.7. The average Bonchev–Trinajstić information content (AvgIpc) is 3.11. The molecular weight excluding hydrogens is 486 g/mol. The van der Waals surface area contributed by atoms with Gasteiger partial charge in [-0.15, -0.1) is 0 Å². The van der Waals surface area contributed by atoms with E-state index in [1.165, 1.54) is 5.57 Å². The second-order valence-electron chi connectivity index (χ2n) is 10.6. The topological polar surface area (TPSA) is 60.7 Å². The third-order valence-corrected chi connectivity index (χ3v) is 8.12. The molecule has 202 valence electrons. The van der Waals surface area contributed by atoms with Crippen molar-refractivity contribution >= 4 is 0 Å². The number of aliphatic hydroxyl groups is 3. The van der Waals surface area contributed by atoms with Crippen molar-refractivity contribution in [1.82, 2.24) is 0 Å². The van der Waals surface area contributed by atoms with Crippen LogP contribution in [0, 0.1) is 17.3 Å². The summed E-state index contributed by atoms with van der Waals surface area (Å²) in [4.78, 5) is 0. The van der Waals surface area contributed by atoms with Crippen molar-refractivity contribution in [2.45, 2.75) is 89.0 Å². The lowest BCUT2D eigenvalue weighted by Gasteiger charge is -2.42. The Morgan fingerprint density at radius 2 is 1.78 bits per heavy atom. The minimum absolute atomic E-state index is 0.0681. The summed E-state index contributed by atoms with van der Waals surface area (Å²) >= 11 is 0. The molecule has 0 heterocycles. The quantitative estimate of drug-likeness (QED) is 0.287. The average molecular weight is 521 g/mol. The smallest absolute Gasteiger partial charge is 0.393 e. The van der Waals surface area contributed by atoms with Gasteiger partial charge in [0.05, 0.1) is 12.2 Å². The molecule has 0 spiro atoms. The summed E-state index contributed by atoms with van der Waals surface area (Å²) in [6.45, 7) is 7.80. The first-order chi connectivity index (χ1) is 16.5. The molecule has 5 atom stereocenters. The van der Waals surface area contributed by atoms with Crippen molar-refractivity contribution < 1.29 is 41.7 Å².